The molecule has 1 aromatic heterocycles. The van der Waals surface area contributed by atoms with Crippen LogP contribution in [0.5, 0.6) is 0 Å². The van der Waals surface area contributed by atoms with Gasteiger partial charge in [0.25, 0.3) is 5.91 Å². The molecular formula is C14H12Br2N2O. The average molecular weight is 384 g/mol. The summed E-state index contributed by atoms with van der Waals surface area (Å²) >= 11 is 6.63. The summed E-state index contributed by atoms with van der Waals surface area (Å²) < 4.78 is 1.73. The van der Waals surface area contributed by atoms with Gasteiger partial charge in [0.05, 0.1) is 11.6 Å². The Hall–Kier alpha value is -1.20. The molecule has 98 valence electrons. The Balaban J connectivity index is 2.06. The van der Waals surface area contributed by atoms with Gasteiger partial charge in [0.1, 0.15) is 4.60 Å². The molecule has 0 aliphatic rings. The van der Waals surface area contributed by atoms with E-state index in [1.54, 1.807) is 18.3 Å². The van der Waals surface area contributed by atoms with Crippen molar-refractivity contribution >= 4 is 37.8 Å². The van der Waals surface area contributed by atoms with Gasteiger partial charge in [0, 0.05) is 10.7 Å². The first kappa shape index (κ1) is 14.2. The number of carbonyl (C=O) groups excluding carboxylic acids is 1. The molecule has 0 radical (unpaired) electrons. The Morgan fingerprint density at radius 2 is 1.84 bits per heavy atom. The van der Waals surface area contributed by atoms with Crippen LogP contribution in [0.4, 0.5) is 0 Å². The fourth-order valence-corrected chi connectivity index (χ4v) is 2.12. The third kappa shape index (κ3) is 3.88. The molecule has 0 saturated heterocycles. The normalized spacial score (nSPS) is 11.9. The largest absolute Gasteiger partial charge is 0.345 e. The van der Waals surface area contributed by atoms with Crippen molar-refractivity contribution in [3.05, 3.63) is 62.8 Å². The van der Waals surface area contributed by atoms with Crippen molar-refractivity contribution in [3.63, 3.8) is 0 Å². The second-order valence-electron chi connectivity index (χ2n) is 4.12. The quantitative estimate of drug-likeness (QED) is 0.810. The number of hydrogen-bond donors (Lipinski definition) is 1. The summed E-state index contributed by atoms with van der Waals surface area (Å²) in [6.45, 7) is 1.95. The summed E-state index contributed by atoms with van der Waals surface area (Å²) in [5.74, 6) is -0.129. The van der Waals surface area contributed by atoms with Gasteiger partial charge in [-0.15, -0.1) is 0 Å². The van der Waals surface area contributed by atoms with Crippen LogP contribution in [0.25, 0.3) is 0 Å². The Labute approximate surface area is 128 Å². The van der Waals surface area contributed by atoms with Crippen LogP contribution in [0.15, 0.2) is 51.7 Å². The van der Waals surface area contributed by atoms with Gasteiger partial charge in [-0.2, -0.15) is 0 Å². The van der Waals surface area contributed by atoms with E-state index in [4.69, 9.17) is 0 Å². The second kappa shape index (κ2) is 6.30. The van der Waals surface area contributed by atoms with Crippen LogP contribution in [0.2, 0.25) is 0 Å². The highest BCUT2D eigenvalue weighted by Gasteiger charge is 2.11. The molecule has 2 rings (SSSR count). The molecule has 0 bridgehead atoms. The molecule has 1 atom stereocenters. The topological polar surface area (TPSA) is 42.0 Å². The predicted octanol–water partition coefficient (Wildman–Crippen LogP) is 4.10. The van der Waals surface area contributed by atoms with Gasteiger partial charge in [0.15, 0.2) is 0 Å². The van der Waals surface area contributed by atoms with E-state index < -0.39 is 0 Å². The first-order chi connectivity index (χ1) is 9.06. The third-order valence-corrected chi connectivity index (χ3v) is 3.70. The van der Waals surface area contributed by atoms with Crippen LogP contribution in [0.1, 0.15) is 28.9 Å². The molecule has 0 fully saturated rings. The van der Waals surface area contributed by atoms with Crippen LogP contribution in [0, 0.1) is 0 Å². The first-order valence-corrected chi connectivity index (χ1v) is 7.33. The van der Waals surface area contributed by atoms with E-state index in [1.807, 2.05) is 31.2 Å². The number of hydrogen-bond acceptors (Lipinski definition) is 2. The summed E-state index contributed by atoms with van der Waals surface area (Å²) in [5, 5.41) is 2.94. The van der Waals surface area contributed by atoms with Gasteiger partial charge in [-0.1, -0.05) is 28.1 Å². The van der Waals surface area contributed by atoms with E-state index in [1.165, 1.54) is 0 Å². The van der Waals surface area contributed by atoms with Gasteiger partial charge >= 0.3 is 0 Å². The fourth-order valence-electron chi connectivity index (χ4n) is 1.62. The zero-order valence-electron chi connectivity index (χ0n) is 10.2. The highest BCUT2D eigenvalue weighted by molar-refractivity contribution is 9.10. The molecule has 2 aromatic rings. The van der Waals surface area contributed by atoms with Crippen molar-refractivity contribution in [2.45, 2.75) is 13.0 Å². The van der Waals surface area contributed by atoms with Crippen molar-refractivity contribution < 1.29 is 4.79 Å². The number of nitrogens with zero attached hydrogens (tertiary/aromatic N) is 1. The molecule has 1 heterocycles. The monoisotopic (exact) mass is 382 g/mol. The number of nitrogens with one attached hydrogen (secondary N) is 1. The molecule has 0 unspecified atom stereocenters. The molecular weight excluding hydrogens is 372 g/mol. The van der Waals surface area contributed by atoms with Gasteiger partial charge in [-0.25, -0.2) is 4.98 Å². The average Bonchev–Trinajstić information content (AvgIpc) is 2.40. The molecule has 1 aromatic carbocycles. The van der Waals surface area contributed by atoms with E-state index in [-0.39, 0.29) is 11.9 Å². The van der Waals surface area contributed by atoms with E-state index in [0.717, 1.165) is 10.0 Å². The van der Waals surface area contributed by atoms with Gasteiger partial charge in [0.2, 0.25) is 0 Å². The van der Waals surface area contributed by atoms with E-state index >= 15 is 0 Å². The molecule has 0 spiro atoms. The molecule has 3 nitrogen and oxygen atoms in total. The summed E-state index contributed by atoms with van der Waals surface area (Å²) in [7, 11) is 0. The van der Waals surface area contributed by atoms with E-state index in [9.17, 15) is 4.79 Å². The van der Waals surface area contributed by atoms with Crippen molar-refractivity contribution in [2.75, 3.05) is 0 Å². The summed E-state index contributed by atoms with van der Waals surface area (Å²) in [6, 6.07) is 11.3. The summed E-state index contributed by atoms with van der Waals surface area (Å²) in [5.41, 5.74) is 1.61. The van der Waals surface area contributed by atoms with Crippen LogP contribution in [-0.4, -0.2) is 10.9 Å². The number of rotatable bonds is 3. The molecule has 1 N–H and O–H groups in total. The predicted molar refractivity (Wildman–Crippen MR) is 82.0 cm³/mol. The summed E-state index contributed by atoms with van der Waals surface area (Å²) in [4.78, 5) is 16.1. The molecule has 5 heteroatoms. The van der Waals surface area contributed by atoms with Gasteiger partial charge < -0.3 is 5.32 Å². The van der Waals surface area contributed by atoms with Gasteiger partial charge in [-0.3, -0.25) is 4.79 Å². The molecule has 0 saturated carbocycles. The third-order valence-electron chi connectivity index (χ3n) is 2.71. The number of amides is 1. The summed E-state index contributed by atoms with van der Waals surface area (Å²) in [6.07, 6.45) is 1.55. The minimum absolute atomic E-state index is 0.0516. The SMILES string of the molecule is C[C@@H](NC(=O)c1ccc(Br)nc1)c1ccc(Br)cc1. The smallest absolute Gasteiger partial charge is 0.253 e. The second-order valence-corrected chi connectivity index (χ2v) is 5.84. The van der Waals surface area contributed by atoms with Crippen molar-refractivity contribution in [3.8, 4) is 0 Å². The Morgan fingerprint density at radius 1 is 1.16 bits per heavy atom. The lowest BCUT2D eigenvalue weighted by Gasteiger charge is -2.14. The maximum Gasteiger partial charge on any atom is 0.253 e. The fraction of sp³-hybridized carbons (Fsp3) is 0.143. The van der Waals surface area contributed by atoms with Crippen molar-refractivity contribution in [1.82, 2.24) is 10.3 Å². The highest BCUT2D eigenvalue weighted by atomic mass is 79.9. The van der Waals surface area contributed by atoms with Crippen molar-refractivity contribution in [1.29, 1.82) is 0 Å². The zero-order valence-corrected chi connectivity index (χ0v) is 13.4. The number of halogens is 2. The van der Waals surface area contributed by atoms with Crippen LogP contribution >= 0.6 is 31.9 Å². The molecule has 19 heavy (non-hydrogen) atoms. The lowest BCUT2D eigenvalue weighted by Crippen LogP contribution is -2.26. The Kier molecular flexibility index (Phi) is 4.71. The number of carbonyl (C=O) groups is 1. The number of pyridine rings is 1. The lowest BCUT2D eigenvalue weighted by molar-refractivity contribution is 0.0939. The molecule has 1 amide bonds. The number of aromatic nitrogens is 1. The van der Waals surface area contributed by atoms with Gasteiger partial charge in [-0.05, 0) is 52.7 Å². The molecule has 0 aliphatic carbocycles. The standard InChI is InChI=1S/C14H12Br2N2O/c1-9(10-2-5-12(15)6-3-10)18-14(19)11-4-7-13(16)17-8-11/h2-9H,1H3,(H,18,19)/t9-/m1/s1. The van der Waals surface area contributed by atoms with E-state index in [0.29, 0.717) is 10.2 Å². The first-order valence-electron chi connectivity index (χ1n) is 5.74. The van der Waals surface area contributed by atoms with Crippen LogP contribution in [-0.2, 0) is 0 Å². The Bertz CT molecular complexity index is 567. The van der Waals surface area contributed by atoms with E-state index in [2.05, 4.69) is 42.2 Å². The highest BCUT2D eigenvalue weighted by Crippen LogP contribution is 2.17. The van der Waals surface area contributed by atoms with Crippen molar-refractivity contribution in [2.24, 2.45) is 0 Å². The lowest BCUT2D eigenvalue weighted by atomic mass is 10.1. The molecule has 0 aliphatic heterocycles. The zero-order chi connectivity index (χ0) is 13.8. The van der Waals surface area contributed by atoms with Crippen LogP contribution in [0.3, 0.4) is 0 Å². The minimum Gasteiger partial charge on any atom is -0.345 e. The maximum absolute atomic E-state index is 12.0. The number of benzene rings is 1. The van der Waals surface area contributed by atoms with Crippen LogP contribution < -0.4 is 5.32 Å². The minimum atomic E-state index is -0.129. The maximum atomic E-state index is 12.0. The Morgan fingerprint density at radius 3 is 2.42 bits per heavy atom.